The van der Waals surface area contributed by atoms with E-state index in [-0.39, 0.29) is 0 Å². The lowest BCUT2D eigenvalue weighted by molar-refractivity contribution is 0.688. The molecule has 1 rings (SSSR count). The van der Waals surface area contributed by atoms with Crippen molar-refractivity contribution >= 4 is 11.8 Å². The molecule has 80 valence electrons. The molecule has 0 atom stereocenters. The van der Waals surface area contributed by atoms with Gasteiger partial charge in [-0.15, -0.1) is 11.8 Å². The Labute approximate surface area is 90.3 Å². The minimum atomic E-state index is 1.06. The second-order valence-electron chi connectivity index (χ2n) is 3.30. The maximum Gasteiger partial charge on any atom is 0.0939 e. The van der Waals surface area contributed by atoms with E-state index in [1.54, 1.807) is 0 Å². The minimum absolute atomic E-state index is 1.06. The van der Waals surface area contributed by atoms with E-state index in [0.29, 0.717) is 0 Å². The van der Waals surface area contributed by atoms with E-state index in [0.717, 1.165) is 24.5 Å². The highest BCUT2D eigenvalue weighted by Gasteiger charge is 2.01. The lowest BCUT2D eigenvalue weighted by atomic mass is 10.5. The quantitative estimate of drug-likeness (QED) is 0.577. The van der Waals surface area contributed by atoms with Gasteiger partial charge in [0.2, 0.25) is 0 Å². The molecule has 1 heterocycles. The summed E-state index contributed by atoms with van der Waals surface area (Å²) in [5.41, 5.74) is 1.10. The van der Waals surface area contributed by atoms with Crippen LogP contribution in [0.4, 0.5) is 0 Å². The van der Waals surface area contributed by atoms with Crippen molar-refractivity contribution in [2.24, 2.45) is 7.05 Å². The first-order valence-corrected chi connectivity index (χ1v) is 6.06. The molecule has 0 amide bonds. The van der Waals surface area contributed by atoms with Crippen LogP contribution in [0.3, 0.4) is 0 Å². The van der Waals surface area contributed by atoms with Gasteiger partial charge in [0.15, 0.2) is 0 Å². The fraction of sp³-hybridized carbons (Fsp3) is 0.700. The molecule has 0 aliphatic carbocycles. The molecule has 4 heteroatoms. The number of aryl methyl sites for hydroxylation is 2. The highest BCUT2D eigenvalue weighted by atomic mass is 32.2. The van der Waals surface area contributed by atoms with Gasteiger partial charge in [-0.2, -0.15) is 5.10 Å². The largest absolute Gasteiger partial charge is 0.317 e. The zero-order valence-corrected chi connectivity index (χ0v) is 10.0. The number of hydrogen-bond donors (Lipinski definition) is 1. The standard InChI is InChI=1S/C10H19N3S/c1-4-11-6-5-7-14-10-8-9(2)12-13(10)3/h8,11H,4-7H2,1-3H3. The molecule has 0 unspecified atom stereocenters. The molecule has 0 radical (unpaired) electrons. The number of hydrogen-bond acceptors (Lipinski definition) is 3. The monoisotopic (exact) mass is 213 g/mol. The van der Waals surface area contributed by atoms with Crippen LogP contribution in [0.25, 0.3) is 0 Å². The Kier molecular flexibility index (Phi) is 5.04. The average molecular weight is 213 g/mol. The van der Waals surface area contributed by atoms with Gasteiger partial charge in [-0.05, 0) is 32.5 Å². The maximum atomic E-state index is 4.31. The number of nitrogens with one attached hydrogen (secondary N) is 1. The van der Waals surface area contributed by atoms with Crippen molar-refractivity contribution in [2.45, 2.75) is 25.3 Å². The number of aromatic nitrogens is 2. The Morgan fingerprint density at radius 2 is 2.36 bits per heavy atom. The number of rotatable bonds is 6. The first-order chi connectivity index (χ1) is 6.74. The van der Waals surface area contributed by atoms with Gasteiger partial charge in [0.25, 0.3) is 0 Å². The molecule has 0 aliphatic heterocycles. The fourth-order valence-electron chi connectivity index (χ4n) is 1.27. The van der Waals surface area contributed by atoms with Crippen LogP contribution in [0, 0.1) is 6.92 Å². The Morgan fingerprint density at radius 1 is 1.57 bits per heavy atom. The summed E-state index contributed by atoms with van der Waals surface area (Å²) in [5.74, 6) is 1.16. The van der Waals surface area contributed by atoms with Crippen LogP contribution < -0.4 is 5.32 Å². The Bertz CT molecular complexity index is 270. The summed E-state index contributed by atoms with van der Waals surface area (Å²) >= 11 is 1.88. The molecule has 3 nitrogen and oxygen atoms in total. The summed E-state index contributed by atoms with van der Waals surface area (Å²) in [6.45, 7) is 6.34. The van der Waals surface area contributed by atoms with Crippen LogP contribution >= 0.6 is 11.8 Å². The number of thioether (sulfide) groups is 1. The Morgan fingerprint density at radius 3 is 2.93 bits per heavy atom. The average Bonchev–Trinajstić information content (AvgIpc) is 2.45. The lowest BCUT2D eigenvalue weighted by Gasteiger charge is -2.02. The molecular formula is C10H19N3S. The van der Waals surface area contributed by atoms with E-state index in [9.17, 15) is 0 Å². The van der Waals surface area contributed by atoms with Gasteiger partial charge in [-0.1, -0.05) is 6.92 Å². The van der Waals surface area contributed by atoms with Crippen molar-refractivity contribution in [3.05, 3.63) is 11.8 Å². The van der Waals surface area contributed by atoms with E-state index < -0.39 is 0 Å². The molecule has 0 fully saturated rings. The summed E-state index contributed by atoms with van der Waals surface area (Å²) in [6, 6.07) is 2.14. The van der Waals surface area contributed by atoms with Crippen LogP contribution in [0.2, 0.25) is 0 Å². The van der Waals surface area contributed by atoms with E-state index in [1.807, 2.05) is 30.4 Å². The third-order valence-electron chi connectivity index (χ3n) is 1.96. The van der Waals surface area contributed by atoms with Crippen LogP contribution in [0.5, 0.6) is 0 Å². The first-order valence-electron chi connectivity index (χ1n) is 5.08. The summed E-state index contributed by atoms with van der Waals surface area (Å²) in [4.78, 5) is 0. The molecule has 0 spiro atoms. The smallest absolute Gasteiger partial charge is 0.0939 e. The van der Waals surface area contributed by atoms with Gasteiger partial charge in [0, 0.05) is 12.8 Å². The highest BCUT2D eigenvalue weighted by molar-refractivity contribution is 7.99. The van der Waals surface area contributed by atoms with Gasteiger partial charge in [0.05, 0.1) is 10.7 Å². The van der Waals surface area contributed by atoms with Gasteiger partial charge in [0.1, 0.15) is 0 Å². The molecule has 0 aromatic carbocycles. The topological polar surface area (TPSA) is 29.9 Å². The van der Waals surface area contributed by atoms with E-state index in [1.165, 1.54) is 11.4 Å². The first kappa shape index (κ1) is 11.6. The summed E-state index contributed by atoms with van der Waals surface area (Å²) in [7, 11) is 2.00. The normalized spacial score (nSPS) is 10.8. The van der Waals surface area contributed by atoms with Crippen molar-refractivity contribution in [2.75, 3.05) is 18.8 Å². The highest BCUT2D eigenvalue weighted by Crippen LogP contribution is 2.18. The summed E-state index contributed by atoms with van der Waals surface area (Å²) in [5, 5.41) is 8.89. The van der Waals surface area contributed by atoms with Crippen LogP contribution in [-0.4, -0.2) is 28.6 Å². The van der Waals surface area contributed by atoms with Crippen molar-refractivity contribution in [1.29, 1.82) is 0 Å². The molecule has 1 aromatic rings. The maximum absolute atomic E-state index is 4.31. The Balaban J connectivity index is 2.21. The predicted molar refractivity (Wildman–Crippen MR) is 61.8 cm³/mol. The third-order valence-corrected chi connectivity index (χ3v) is 3.13. The molecule has 0 saturated carbocycles. The SMILES string of the molecule is CCNCCCSc1cc(C)nn1C. The Hall–Kier alpha value is -0.480. The molecule has 14 heavy (non-hydrogen) atoms. The van der Waals surface area contributed by atoms with Crippen molar-refractivity contribution in [1.82, 2.24) is 15.1 Å². The van der Waals surface area contributed by atoms with Crippen LogP contribution in [0.15, 0.2) is 11.1 Å². The van der Waals surface area contributed by atoms with Crippen LogP contribution in [-0.2, 0) is 7.05 Å². The van der Waals surface area contributed by atoms with Crippen molar-refractivity contribution < 1.29 is 0 Å². The molecule has 0 bridgehead atoms. The molecule has 0 saturated heterocycles. The van der Waals surface area contributed by atoms with Crippen molar-refractivity contribution in [3.63, 3.8) is 0 Å². The fourth-order valence-corrected chi connectivity index (χ4v) is 2.25. The van der Waals surface area contributed by atoms with E-state index in [2.05, 4.69) is 23.4 Å². The minimum Gasteiger partial charge on any atom is -0.317 e. The number of nitrogens with zero attached hydrogens (tertiary/aromatic N) is 2. The molecule has 1 N–H and O–H groups in total. The van der Waals surface area contributed by atoms with Crippen LogP contribution in [0.1, 0.15) is 19.0 Å². The third kappa shape index (κ3) is 3.72. The zero-order chi connectivity index (χ0) is 10.4. The summed E-state index contributed by atoms with van der Waals surface area (Å²) in [6.07, 6.45) is 1.21. The summed E-state index contributed by atoms with van der Waals surface area (Å²) < 4.78 is 1.95. The van der Waals surface area contributed by atoms with E-state index >= 15 is 0 Å². The molecular weight excluding hydrogens is 194 g/mol. The van der Waals surface area contributed by atoms with Gasteiger partial charge in [-0.25, -0.2) is 0 Å². The molecule has 0 aliphatic rings. The second-order valence-corrected chi connectivity index (χ2v) is 4.42. The van der Waals surface area contributed by atoms with Crippen molar-refractivity contribution in [3.8, 4) is 0 Å². The molecule has 1 aromatic heterocycles. The lowest BCUT2D eigenvalue weighted by Crippen LogP contribution is -2.14. The zero-order valence-electron chi connectivity index (χ0n) is 9.21. The van der Waals surface area contributed by atoms with Gasteiger partial charge < -0.3 is 5.32 Å². The second kappa shape index (κ2) is 6.09. The predicted octanol–water partition coefficient (Wildman–Crippen LogP) is 1.82. The van der Waals surface area contributed by atoms with Gasteiger partial charge >= 0.3 is 0 Å². The van der Waals surface area contributed by atoms with Gasteiger partial charge in [-0.3, -0.25) is 4.68 Å². The van der Waals surface area contributed by atoms with E-state index in [4.69, 9.17) is 0 Å².